The summed E-state index contributed by atoms with van der Waals surface area (Å²) in [7, 11) is 0. The molecule has 6 aromatic heterocycles. The topological polar surface area (TPSA) is 63.8 Å². The smallest absolute Gasteiger partial charge is 0.137 e. The molecule has 27 rings (SSSR count). The van der Waals surface area contributed by atoms with Crippen molar-refractivity contribution in [2.75, 3.05) is 29.4 Å². The maximum atomic E-state index is 6.67. The van der Waals surface area contributed by atoms with E-state index in [0.717, 1.165) is 179 Å². The second kappa shape index (κ2) is 34.3. The molecule has 10 nitrogen and oxygen atoms in total. The van der Waals surface area contributed by atoms with Crippen molar-refractivity contribution in [1.82, 2.24) is 4.57 Å². The molecule has 0 saturated heterocycles. The molecule has 27 aromatic rings. The van der Waals surface area contributed by atoms with Gasteiger partial charge in [0.2, 0.25) is 0 Å². The van der Waals surface area contributed by atoms with Crippen molar-refractivity contribution >= 4 is 253 Å². The van der Waals surface area contributed by atoms with Gasteiger partial charge in [0.15, 0.2) is 0 Å². The Morgan fingerprint density at radius 1 is 0.145 bits per heavy atom. The molecule has 12 heteroatoms. The fourth-order valence-corrected chi connectivity index (χ4v) is 22.6. The number of hydrogen-bond donors (Lipinski definition) is 0. The lowest BCUT2D eigenvalue weighted by Crippen LogP contribution is -2.10. The van der Waals surface area contributed by atoms with Crippen molar-refractivity contribution in [3.63, 3.8) is 0 Å². The van der Waals surface area contributed by atoms with Gasteiger partial charge in [0, 0.05) is 187 Å². The zero-order valence-electron chi connectivity index (χ0n) is 74.6. The quantitative estimate of drug-likeness (QED) is 0.0788. The minimum Gasteiger partial charge on any atom is -0.456 e. The van der Waals surface area contributed by atoms with Crippen LogP contribution < -0.4 is 29.4 Å². The van der Waals surface area contributed by atoms with Gasteiger partial charge in [-0.1, -0.05) is 218 Å². The van der Waals surface area contributed by atoms with Gasteiger partial charge in [-0.2, -0.15) is 0 Å². The molecule has 0 aliphatic heterocycles. The second-order valence-electron chi connectivity index (χ2n) is 34.7. The monoisotopic (exact) mass is 1810 g/mol. The summed E-state index contributed by atoms with van der Waals surface area (Å²) in [4.78, 5) is 14.0. The van der Waals surface area contributed by atoms with Gasteiger partial charge >= 0.3 is 0 Å². The third-order valence-corrected chi connectivity index (χ3v) is 28.8. The molecule has 21 aromatic carbocycles. The Morgan fingerprint density at radius 2 is 0.406 bits per heavy atom. The number of aromatic nitrogens is 1. The first-order chi connectivity index (χ1) is 68.4. The Bertz CT molecular complexity index is 9100. The number of para-hydroxylation sites is 10. The van der Waals surface area contributed by atoms with E-state index in [1.54, 1.807) is 0 Å². The van der Waals surface area contributed by atoms with Gasteiger partial charge in [-0.25, -0.2) is 0 Å². The van der Waals surface area contributed by atoms with Gasteiger partial charge in [-0.3, -0.25) is 0 Å². The van der Waals surface area contributed by atoms with E-state index in [4.69, 9.17) is 13.3 Å². The van der Waals surface area contributed by atoms with Crippen LogP contribution in [0.25, 0.3) is 134 Å². The van der Waals surface area contributed by atoms with E-state index in [2.05, 4.69) is 513 Å². The molecule has 6 heterocycles. The van der Waals surface area contributed by atoms with Crippen molar-refractivity contribution in [3.8, 4) is 5.69 Å². The van der Waals surface area contributed by atoms with E-state index in [1.165, 1.54) is 56.8 Å². The van der Waals surface area contributed by atoms with Crippen molar-refractivity contribution in [3.05, 3.63) is 504 Å². The predicted molar refractivity (Wildman–Crippen MR) is 583 cm³/mol. The molecule has 0 unspecified atom stereocenters. The van der Waals surface area contributed by atoms with Gasteiger partial charge in [0.05, 0.1) is 21.4 Å². The zero-order chi connectivity index (χ0) is 91.1. The molecular weight excluding hydrogens is 1720 g/mol. The fraction of sp³-hybridized carbons (Fsp3) is 0. The molecule has 0 amide bonds. The summed E-state index contributed by atoms with van der Waals surface area (Å²) in [6, 6.07) is 180. The number of anilines is 18. The Labute approximate surface area is 803 Å². The summed E-state index contributed by atoms with van der Waals surface area (Å²) in [6.07, 6.45) is 0. The summed E-state index contributed by atoms with van der Waals surface area (Å²) in [6.45, 7) is 0. The molecule has 0 aliphatic carbocycles. The minimum absolute atomic E-state index is 0.816. The largest absolute Gasteiger partial charge is 0.456 e. The van der Waals surface area contributed by atoms with Crippen molar-refractivity contribution in [1.29, 1.82) is 0 Å². The number of benzene rings is 21. The number of furan rings is 3. The Morgan fingerprint density at radius 3 is 0.819 bits per heavy atom. The molecular formula is C126H83N7O3S2. The van der Waals surface area contributed by atoms with E-state index in [0.29, 0.717) is 0 Å². The van der Waals surface area contributed by atoms with Crippen LogP contribution in [0.2, 0.25) is 0 Å². The highest BCUT2D eigenvalue weighted by molar-refractivity contribution is 7.26. The number of nitrogens with zero attached hydrogens (tertiary/aromatic N) is 7. The maximum Gasteiger partial charge on any atom is 0.137 e. The standard InChI is InChI=1S/C66H44N4S2.C60H39N3O3/c1-6-19-45(20-7-1)67(46-21-8-2-9-22-46)50-34-38-60-57(41-50)58-42-51(35-39-61(58)70(60)62-31-18-30-56-54-29-16-17-32-63(54)72-66(56)62)69(49-27-14-5-15-28-49)52-36-40-64-59(43-52)55-37-33-53(44-65(55)71-64)68(47-23-10-3-11-24-47)48-25-12-4-13-26-48;1-5-15-40(16-6-1)61(41-17-7-2-8-18-41)44-26-33-58-53(37-44)54-38-47(29-34-59(54)65-58)63(45-27-31-56-51(35-45)49-23-13-14-24-55(49)64-56)46-28-32-57-52(36-46)50-30-25-48(39-60(50)66-57)62(42-19-9-3-10-20-42)43-21-11-4-12-22-43/h1-44H;1-39H. The molecule has 0 spiro atoms. The number of rotatable bonds is 19. The van der Waals surface area contributed by atoms with Gasteiger partial charge in [0.25, 0.3) is 0 Å². The lowest BCUT2D eigenvalue weighted by atomic mass is 10.1. The molecule has 138 heavy (non-hydrogen) atoms. The first-order valence-electron chi connectivity index (χ1n) is 46.5. The van der Waals surface area contributed by atoms with E-state index < -0.39 is 0 Å². The van der Waals surface area contributed by atoms with Crippen LogP contribution in [0.15, 0.2) is 517 Å². The van der Waals surface area contributed by atoms with Crippen LogP contribution in [-0.2, 0) is 0 Å². The van der Waals surface area contributed by atoms with Crippen molar-refractivity contribution in [2.24, 2.45) is 0 Å². The third kappa shape index (κ3) is 14.4. The molecule has 0 atom stereocenters. The summed E-state index contributed by atoms with van der Waals surface area (Å²) >= 11 is 3.72. The molecule has 0 fully saturated rings. The van der Waals surface area contributed by atoms with Crippen LogP contribution in [0.5, 0.6) is 0 Å². The highest BCUT2D eigenvalue weighted by Gasteiger charge is 2.27. The van der Waals surface area contributed by atoms with Crippen LogP contribution in [0.3, 0.4) is 0 Å². The van der Waals surface area contributed by atoms with Gasteiger partial charge in [-0.05, 0) is 279 Å². The first kappa shape index (κ1) is 80.9. The summed E-state index contributed by atoms with van der Waals surface area (Å²) < 4.78 is 27.1. The van der Waals surface area contributed by atoms with Gasteiger partial charge in [0.1, 0.15) is 33.5 Å². The highest BCUT2D eigenvalue weighted by atomic mass is 32.1. The van der Waals surface area contributed by atoms with E-state index in [9.17, 15) is 0 Å². The zero-order valence-corrected chi connectivity index (χ0v) is 76.2. The molecule has 0 saturated carbocycles. The summed E-state index contributed by atoms with van der Waals surface area (Å²) in [5, 5.41) is 13.7. The van der Waals surface area contributed by atoms with Crippen molar-refractivity contribution in [2.45, 2.75) is 0 Å². The van der Waals surface area contributed by atoms with Gasteiger partial charge < -0.3 is 47.2 Å². The van der Waals surface area contributed by atoms with Gasteiger partial charge in [-0.15, -0.1) is 22.7 Å². The SMILES string of the molecule is c1ccc(N(c2ccccc2)c2ccc3c(c2)oc2ccc(N(c4ccc5oc6ccccc6c5c4)c4ccc5oc6ccc(N(c7ccccc7)c7ccccc7)cc6c5c4)cc23)cc1.c1ccc(N(c2ccccc2)c2ccc3c(c2)sc2ccc(N(c4ccccc4)c4ccc5c(c4)c4cc(N(c6ccccc6)c6ccccc6)ccc4n5-c4cccc5c4sc4ccccc45)cc23)cc1. The Kier molecular flexibility index (Phi) is 20.1. The van der Waals surface area contributed by atoms with Crippen molar-refractivity contribution < 1.29 is 13.3 Å². The highest BCUT2D eigenvalue weighted by Crippen LogP contribution is 2.52. The van der Waals surface area contributed by atoms with Crippen LogP contribution >= 0.6 is 22.7 Å². The average molecular weight is 1810 g/mol. The maximum absolute atomic E-state index is 6.67. The molecule has 0 aliphatic rings. The minimum atomic E-state index is 0.816. The van der Waals surface area contributed by atoms with Crippen LogP contribution in [0, 0.1) is 0 Å². The predicted octanol–water partition coefficient (Wildman–Crippen LogP) is 37.7. The molecule has 0 N–H and O–H groups in total. The van der Waals surface area contributed by atoms with Crippen LogP contribution in [0.1, 0.15) is 0 Å². The molecule has 652 valence electrons. The first-order valence-corrected chi connectivity index (χ1v) is 48.1. The lowest BCUT2D eigenvalue weighted by Gasteiger charge is -2.26. The van der Waals surface area contributed by atoms with Crippen LogP contribution in [0.4, 0.5) is 102 Å². The number of thiophene rings is 2. The Hall–Kier alpha value is -17.9. The average Bonchev–Trinajstić information content (AvgIpc) is 1.56. The van der Waals surface area contributed by atoms with E-state index >= 15 is 0 Å². The molecule has 0 bridgehead atoms. The van der Waals surface area contributed by atoms with E-state index in [1.807, 2.05) is 46.9 Å². The Balaban J connectivity index is 0.000000143. The normalized spacial score (nSPS) is 11.6. The van der Waals surface area contributed by atoms with E-state index in [-0.39, 0.29) is 0 Å². The summed E-state index contributed by atoms with van der Waals surface area (Å²) in [5.74, 6) is 0. The third-order valence-electron chi connectivity index (χ3n) is 26.5. The number of fused-ring (bicyclic) bond motifs is 18. The van der Waals surface area contributed by atoms with Crippen LogP contribution in [-0.4, -0.2) is 4.57 Å². The lowest BCUT2D eigenvalue weighted by molar-refractivity contribution is 0.668. The fourth-order valence-electron chi connectivity index (χ4n) is 20.3. The number of hydrogen-bond acceptors (Lipinski definition) is 11. The second-order valence-corrected chi connectivity index (χ2v) is 36.8. The summed E-state index contributed by atoms with van der Waals surface area (Å²) in [5.41, 5.74) is 27.8. The molecule has 0 radical (unpaired) electrons.